The van der Waals surface area contributed by atoms with Crippen LogP contribution >= 0.6 is 11.6 Å². The van der Waals surface area contributed by atoms with Gasteiger partial charge in [-0.3, -0.25) is 14.5 Å². The van der Waals surface area contributed by atoms with Gasteiger partial charge in [0.2, 0.25) is 17.6 Å². The number of H-pyrrole nitrogens is 1. The Hall–Kier alpha value is -4.16. The largest absolute Gasteiger partial charge is 0.439 e. The third-order valence-electron chi connectivity index (χ3n) is 8.43. The van der Waals surface area contributed by atoms with Crippen molar-refractivity contribution in [1.82, 2.24) is 34.6 Å². The zero-order valence-corrected chi connectivity index (χ0v) is 24.3. The molecule has 1 N–H and O–H groups in total. The molecule has 7 rings (SSSR count). The summed E-state index contributed by atoms with van der Waals surface area (Å²) in [6, 6.07) is 8.12. The van der Waals surface area contributed by atoms with E-state index in [-0.39, 0.29) is 23.5 Å². The Balaban J connectivity index is 1.45. The first-order valence-electron chi connectivity index (χ1n) is 14.5. The summed E-state index contributed by atoms with van der Waals surface area (Å²) in [6.07, 6.45) is 7.82. The van der Waals surface area contributed by atoms with Crippen LogP contribution in [0.3, 0.4) is 0 Å². The van der Waals surface area contributed by atoms with Gasteiger partial charge in [-0.05, 0) is 48.4 Å². The van der Waals surface area contributed by atoms with E-state index in [4.69, 9.17) is 35.8 Å². The van der Waals surface area contributed by atoms with Crippen LogP contribution in [0.5, 0.6) is 0 Å². The van der Waals surface area contributed by atoms with Crippen LogP contribution in [-0.2, 0) is 11.3 Å². The Labute approximate surface area is 251 Å². The van der Waals surface area contributed by atoms with E-state index in [2.05, 4.69) is 31.5 Å². The molecule has 0 bridgehead atoms. The number of ether oxygens (including phenoxy) is 1. The fraction of sp³-hybridized carbons (Fsp3) is 0.400. The lowest BCUT2D eigenvalue weighted by molar-refractivity contribution is 0.0927. The minimum atomic E-state index is -0.710. The van der Waals surface area contributed by atoms with Crippen LogP contribution < -0.4 is 10.7 Å². The maximum Gasteiger partial charge on any atom is 0.439 e. The molecule has 1 atom stereocenters. The lowest BCUT2D eigenvalue weighted by atomic mass is 9.83. The van der Waals surface area contributed by atoms with Crippen LogP contribution in [0.4, 0.5) is 10.3 Å². The van der Waals surface area contributed by atoms with Crippen molar-refractivity contribution in [3.63, 3.8) is 0 Å². The zero-order chi connectivity index (χ0) is 29.5. The number of rotatable bonds is 6. The molecule has 1 aromatic carbocycles. The number of imidazole rings is 1. The molecule has 1 aliphatic carbocycles. The number of anilines is 1. The van der Waals surface area contributed by atoms with Gasteiger partial charge in [-0.2, -0.15) is 4.98 Å². The van der Waals surface area contributed by atoms with E-state index in [1.165, 1.54) is 25.0 Å². The molecule has 0 amide bonds. The number of morpholine rings is 1. The van der Waals surface area contributed by atoms with Crippen LogP contribution in [0.2, 0.25) is 5.02 Å². The number of halogens is 2. The van der Waals surface area contributed by atoms with Gasteiger partial charge in [-0.25, -0.2) is 19.2 Å². The molecule has 43 heavy (non-hydrogen) atoms. The molecule has 0 spiro atoms. The highest BCUT2D eigenvalue weighted by Gasteiger charge is 2.32. The van der Waals surface area contributed by atoms with E-state index >= 15 is 0 Å². The number of aromatic nitrogens is 7. The van der Waals surface area contributed by atoms with Crippen molar-refractivity contribution in [2.24, 2.45) is 11.8 Å². The molecule has 4 aromatic heterocycles. The van der Waals surface area contributed by atoms with Crippen molar-refractivity contribution in [1.29, 1.82) is 0 Å². The molecule has 1 aliphatic heterocycles. The van der Waals surface area contributed by atoms with E-state index in [9.17, 15) is 9.18 Å². The summed E-state index contributed by atoms with van der Waals surface area (Å²) in [5.41, 5.74) is 3.34. The summed E-state index contributed by atoms with van der Waals surface area (Å²) in [7, 11) is 0. The lowest BCUT2D eigenvalue weighted by Gasteiger charge is -2.37. The minimum Gasteiger partial charge on any atom is -0.377 e. The van der Waals surface area contributed by atoms with Crippen molar-refractivity contribution >= 4 is 28.7 Å². The topological polar surface area (TPSA) is 128 Å². The summed E-state index contributed by atoms with van der Waals surface area (Å²) in [4.78, 5) is 35.6. The highest BCUT2D eigenvalue weighted by Crippen LogP contribution is 2.38. The molecule has 2 fully saturated rings. The molecule has 5 heterocycles. The zero-order valence-electron chi connectivity index (χ0n) is 23.5. The Morgan fingerprint density at radius 2 is 1.91 bits per heavy atom. The van der Waals surface area contributed by atoms with Crippen LogP contribution in [0, 0.1) is 17.7 Å². The van der Waals surface area contributed by atoms with E-state index in [1.54, 1.807) is 30.6 Å². The smallest absolute Gasteiger partial charge is 0.377 e. The van der Waals surface area contributed by atoms with Gasteiger partial charge in [-0.1, -0.05) is 48.7 Å². The van der Waals surface area contributed by atoms with Crippen LogP contribution in [0.25, 0.3) is 34.1 Å². The van der Waals surface area contributed by atoms with Gasteiger partial charge >= 0.3 is 5.76 Å². The molecule has 0 radical (unpaired) electrons. The Kier molecular flexibility index (Phi) is 7.39. The SMILES string of the molecule is C[C@H]1CC[C@H](Cn2c(N3CCOC[C@H]3c3ccc(F)cc3)nc3nc(-c4noc(=O)[nH]4)nc(-c4cncc(Cl)c4)c32)CC1. The number of nitrogens with zero attached hydrogens (tertiary/aromatic N) is 7. The number of hydrogen-bond donors (Lipinski definition) is 1. The summed E-state index contributed by atoms with van der Waals surface area (Å²) >= 11 is 6.39. The first-order chi connectivity index (χ1) is 20.9. The monoisotopic (exact) mass is 604 g/mol. The first kappa shape index (κ1) is 27.7. The second kappa shape index (κ2) is 11.5. The Bertz CT molecular complexity index is 1810. The average molecular weight is 605 g/mol. The number of nitrogens with one attached hydrogen (secondary N) is 1. The fourth-order valence-electron chi connectivity index (χ4n) is 6.17. The number of fused-ring (bicyclic) bond motifs is 1. The quantitative estimate of drug-likeness (QED) is 0.270. The van der Waals surface area contributed by atoms with Gasteiger partial charge in [-0.15, -0.1) is 0 Å². The number of pyridine rings is 1. The fourth-order valence-corrected chi connectivity index (χ4v) is 6.34. The van der Waals surface area contributed by atoms with E-state index in [1.807, 2.05) is 0 Å². The number of benzene rings is 1. The molecule has 5 aromatic rings. The maximum atomic E-state index is 13.9. The summed E-state index contributed by atoms with van der Waals surface area (Å²) in [5.74, 6) is 1.12. The second-order valence-corrected chi connectivity index (χ2v) is 11.8. The third-order valence-corrected chi connectivity index (χ3v) is 8.64. The van der Waals surface area contributed by atoms with Crippen LogP contribution in [-0.4, -0.2) is 54.4 Å². The lowest BCUT2D eigenvalue weighted by Crippen LogP contribution is -2.41. The van der Waals surface area contributed by atoms with Gasteiger partial charge in [0.05, 0.1) is 24.3 Å². The summed E-state index contributed by atoms with van der Waals surface area (Å²) in [5, 5.41) is 4.28. The number of hydrogen-bond acceptors (Lipinski definition) is 9. The van der Waals surface area contributed by atoms with Crippen molar-refractivity contribution in [3.8, 4) is 22.9 Å². The standard InChI is InChI=1S/C30H30ClFN8O3/c1-17-2-4-18(5-3-17)15-40-25-24(20-12-21(31)14-33-13-20)34-27(28-37-30(41)43-38-28)35-26(25)36-29(40)39-10-11-42-16-23(39)19-6-8-22(32)9-7-19/h6-9,12-14,17-18,23H,2-5,10-11,15-16H2,1H3,(H,37,38,41)/t17-,18-,23-/m0/s1. The van der Waals surface area contributed by atoms with Gasteiger partial charge in [0.25, 0.3) is 0 Å². The van der Waals surface area contributed by atoms with E-state index < -0.39 is 5.76 Å². The molecule has 1 saturated carbocycles. The molecule has 13 heteroatoms. The number of aromatic amines is 1. The van der Waals surface area contributed by atoms with Gasteiger partial charge in [0.1, 0.15) is 17.0 Å². The summed E-state index contributed by atoms with van der Waals surface area (Å²) in [6.45, 7) is 4.56. The second-order valence-electron chi connectivity index (χ2n) is 11.4. The van der Waals surface area contributed by atoms with Gasteiger partial charge < -0.3 is 14.2 Å². The van der Waals surface area contributed by atoms with Crippen molar-refractivity contribution in [2.75, 3.05) is 24.7 Å². The van der Waals surface area contributed by atoms with Crippen LogP contribution in [0.1, 0.15) is 44.2 Å². The van der Waals surface area contributed by atoms with Crippen molar-refractivity contribution in [2.45, 2.75) is 45.2 Å². The van der Waals surface area contributed by atoms with Crippen molar-refractivity contribution in [3.05, 3.63) is 69.7 Å². The normalized spacial score (nSPS) is 21.0. The molecule has 2 aliphatic rings. The van der Waals surface area contributed by atoms with E-state index in [0.29, 0.717) is 53.5 Å². The molecular weight excluding hydrogens is 575 g/mol. The maximum absolute atomic E-state index is 13.9. The van der Waals surface area contributed by atoms with Gasteiger partial charge in [0, 0.05) is 31.0 Å². The molecule has 0 unspecified atom stereocenters. The Morgan fingerprint density at radius 3 is 2.65 bits per heavy atom. The molecule has 11 nitrogen and oxygen atoms in total. The highest BCUT2D eigenvalue weighted by atomic mass is 35.5. The molecule has 1 saturated heterocycles. The molecular formula is C30H30ClFN8O3. The highest BCUT2D eigenvalue weighted by molar-refractivity contribution is 6.30. The van der Waals surface area contributed by atoms with E-state index in [0.717, 1.165) is 36.4 Å². The minimum absolute atomic E-state index is 0.0936. The third kappa shape index (κ3) is 5.52. The molecule has 222 valence electrons. The summed E-state index contributed by atoms with van der Waals surface area (Å²) < 4.78 is 26.7. The van der Waals surface area contributed by atoms with Gasteiger partial charge in [0.15, 0.2) is 5.65 Å². The first-order valence-corrected chi connectivity index (χ1v) is 14.9. The predicted molar refractivity (Wildman–Crippen MR) is 158 cm³/mol. The van der Waals surface area contributed by atoms with Crippen molar-refractivity contribution < 1.29 is 13.7 Å². The predicted octanol–water partition coefficient (Wildman–Crippen LogP) is 5.43. The van der Waals surface area contributed by atoms with Crippen LogP contribution in [0.15, 0.2) is 52.0 Å². The Morgan fingerprint density at radius 1 is 1.09 bits per heavy atom. The average Bonchev–Trinajstić information content (AvgIpc) is 3.62.